The van der Waals surface area contributed by atoms with E-state index in [1.807, 2.05) is 97.1 Å². The summed E-state index contributed by atoms with van der Waals surface area (Å²) in [6, 6.07) is 55.0. The highest BCUT2D eigenvalue weighted by Gasteiger charge is 2.11. The molecule has 82 heavy (non-hydrogen) atoms. The summed E-state index contributed by atoms with van der Waals surface area (Å²) in [7, 11) is 3.09. The van der Waals surface area contributed by atoms with Crippen LogP contribution < -0.4 is 33.2 Å². The van der Waals surface area contributed by atoms with E-state index in [1.54, 1.807) is 110 Å². The molecule has 8 aromatic carbocycles. The van der Waals surface area contributed by atoms with E-state index in [9.17, 15) is 5.11 Å². The molecule has 0 aliphatic heterocycles. The molecule has 0 amide bonds. The highest BCUT2D eigenvalue weighted by atomic mass is 127. The molecule has 1 N–H and O–H groups in total. The topological polar surface area (TPSA) is 174 Å². The van der Waals surface area contributed by atoms with Gasteiger partial charge in [0, 0.05) is 27.1 Å². The fourth-order valence-corrected chi connectivity index (χ4v) is 7.35. The molecule has 0 aliphatic rings. The van der Waals surface area contributed by atoms with Crippen molar-refractivity contribution in [3.8, 4) is 87.2 Å². The number of phenolic OH excluding ortho intramolecular Hbond substituents is 1. The third kappa shape index (κ3) is 20.4. The average Bonchev–Trinajstić information content (AvgIpc) is 3.62. The molecule has 0 unspecified atom stereocenters. The Balaban J connectivity index is 0.000000201. The summed E-state index contributed by atoms with van der Waals surface area (Å²) < 4.78 is 40.1. The lowest BCUT2D eigenvalue weighted by Crippen LogP contribution is -1.99. The van der Waals surface area contributed by atoms with Crippen molar-refractivity contribution >= 4 is 79.5 Å². The summed E-state index contributed by atoms with van der Waals surface area (Å²) in [5.74, 6) is 5.99. The van der Waals surface area contributed by atoms with Crippen LogP contribution in [0.1, 0.15) is 16.7 Å². The van der Waals surface area contributed by atoms with E-state index in [0.717, 1.165) is 26.0 Å². The van der Waals surface area contributed by atoms with Crippen molar-refractivity contribution in [2.24, 2.45) is 0 Å². The van der Waals surface area contributed by atoms with Gasteiger partial charge in [-0.1, -0.05) is 82.7 Å². The molecule has 0 radical (unpaired) electrons. The van der Waals surface area contributed by atoms with Crippen molar-refractivity contribution in [2.45, 2.75) is 0 Å². The molecule has 8 rings (SSSR count). The van der Waals surface area contributed by atoms with Crippen LogP contribution in [-0.2, 0) is 0 Å². The summed E-state index contributed by atoms with van der Waals surface area (Å²) in [5.41, 5.74) is 4.41. The number of ether oxygens (including phenoxy) is 7. The van der Waals surface area contributed by atoms with Gasteiger partial charge in [0.2, 0.25) is 0 Å². The van der Waals surface area contributed by atoms with Crippen molar-refractivity contribution in [3.05, 3.63) is 254 Å². The normalized spacial score (nSPS) is 9.87. The number of aromatic hydroxyl groups is 1. The van der Waals surface area contributed by atoms with E-state index in [0.29, 0.717) is 86.4 Å². The highest BCUT2D eigenvalue weighted by Crippen LogP contribution is 2.39. The standard InChI is InChI=1S/C18H13BrN2O2.C17H12N2O2.C16H10N2O2.C14H10INO2/c1-21-15-7-8-17(18(13-15)22-11-9-19)23-16-6-2-4-14(12-16)5-3-10-20;1-19-14-8-9-16(17(12-14)20-2)21-15-7-3-5-13(11-15)6-4-10-18;1-18-13-7-8-16(15(19)11-13)20-14-6-2-4-12(10-14)5-3-9-17;1-16-11-6-7-13(14(9-11)17-2)18-12-5-3-4-10(15)8-12/h2-8,12-13H,9,11H2;3-9,11-12H,2H3;2-8,10-11,19H;3-9H,2H3/b5-3+;6-4+;5-3+;. The molecule has 15 nitrogen and oxygen atoms in total. The molecule has 0 aromatic heterocycles. The Morgan fingerprint density at radius 3 is 1.15 bits per heavy atom. The molecule has 0 fully saturated rings. The Kier molecular flexibility index (Phi) is 25.7. The van der Waals surface area contributed by atoms with Crippen LogP contribution in [0.2, 0.25) is 0 Å². The van der Waals surface area contributed by atoms with Gasteiger partial charge in [-0.3, -0.25) is 0 Å². The van der Waals surface area contributed by atoms with E-state index in [1.165, 1.54) is 31.4 Å². The monoisotopic (exact) mass is 1260 g/mol. The average molecular weight is 1260 g/mol. The van der Waals surface area contributed by atoms with Gasteiger partial charge in [0.1, 0.15) is 28.7 Å². The van der Waals surface area contributed by atoms with Crippen LogP contribution in [-0.4, -0.2) is 31.3 Å². The lowest BCUT2D eigenvalue weighted by Gasteiger charge is -2.12. The van der Waals surface area contributed by atoms with Crippen molar-refractivity contribution in [2.75, 3.05) is 26.2 Å². The first-order valence-electron chi connectivity index (χ1n) is 24.0. The lowest BCUT2D eigenvalue weighted by atomic mass is 10.2. The number of methoxy groups -OCH3 is 2. The van der Waals surface area contributed by atoms with Crippen LogP contribution in [0.5, 0.6) is 69.0 Å². The highest BCUT2D eigenvalue weighted by molar-refractivity contribution is 14.1. The van der Waals surface area contributed by atoms with Crippen LogP contribution in [0.4, 0.5) is 22.7 Å². The molecule has 0 saturated heterocycles. The molecule has 0 atom stereocenters. The first kappa shape index (κ1) is 61.9. The third-order valence-electron chi connectivity index (χ3n) is 10.3. The molecular formula is C65H45BrIN7O8. The van der Waals surface area contributed by atoms with E-state index in [-0.39, 0.29) is 11.5 Å². The zero-order valence-corrected chi connectivity index (χ0v) is 47.5. The molecule has 0 bridgehead atoms. The van der Waals surface area contributed by atoms with E-state index >= 15 is 0 Å². The Morgan fingerprint density at radius 2 is 0.793 bits per heavy atom. The minimum atomic E-state index is -0.0866. The largest absolute Gasteiger partial charge is 0.505 e. The maximum atomic E-state index is 9.77. The van der Waals surface area contributed by atoms with E-state index in [4.69, 9.17) is 75.2 Å². The van der Waals surface area contributed by atoms with Gasteiger partial charge >= 0.3 is 0 Å². The van der Waals surface area contributed by atoms with Gasteiger partial charge in [0.25, 0.3) is 0 Å². The Bertz CT molecular complexity index is 3890. The lowest BCUT2D eigenvalue weighted by molar-refractivity contribution is 0.325. The molecule has 0 aliphatic carbocycles. The number of rotatable bonds is 16. The molecular weight excluding hydrogens is 1210 g/mol. The van der Waals surface area contributed by atoms with Crippen molar-refractivity contribution in [3.63, 3.8) is 0 Å². The number of hydrogen-bond donors (Lipinski definition) is 1. The minimum Gasteiger partial charge on any atom is -0.505 e. The second kappa shape index (κ2) is 34.0. The number of nitriles is 3. The number of phenols is 1. The Hall–Kier alpha value is -11.0. The fraction of sp³-hybridized carbons (Fsp3) is 0.0615. The molecule has 0 saturated carbocycles. The number of halogens is 2. The predicted molar refractivity (Wildman–Crippen MR) is 328 cm³/mol. The van der Waals surface area contributed by atoms with Gasteiger partial charge in [-0.05, 0) is 161 Å². The minimum absolute atomic E-state index is 0.0866. The van der Waals surface area contributed by atoms with Gasteiger partial charge in [0.05, 0.1) is 65.3 Å². The number of alkyl halides is 1. The van der Waals surface area contributed by atoms with Crippen molar-refractivity contribution in [1.82, 2.24) is 0 Å². The predicted octanol–water partition coefficient (Wildman–Crippen LogP) is 18.8. The summed E-state index contributed by atoms with van der Waals surface area (Å²) in [5, 5.41) is 36.1. The van der Waals surface area contributed by atoms with Gasteiger partial charge < -0.3 is 38.3 Å². The van der Waals surface area contributed by atoms with Crippen LogP contribution in [0.3, 0.4) is 0 Å². The SMILES string of the molecule is [C-]#[N+]c1ccc(Oc2cccc(/C=C/C#N)c2)c(O)c1.[C-]#[N+]c1ccc(Oc2cccc(/C=C/C#N)c2)c(OC)c1.[C-]#[N+]c1ccc(Oc2cccc(/C=C/C#N)c2)c(OCCBr)c1.[C-]#[N+]c1ccc(Oc2cccc(I)c2)c(OC)c1. The summed E-state index contributed by atoms with van der Waals surface area (Å²) in [4.78, 5) is 13.3. The van der Waals surface area contributed by atoms with E-state index in [2.05, 4.69) is 57.9 Å². The zero-order valence-electron chi connectivity index (χ0n) is 43.7. The second-order valence-electron chi connectivity index (χ2n) is 15.9. The summed E-state index contributed by atoms with van der Waals surface area (Å²) >= 11 is 5.53. The van der Waals surface area contributed by atoms with Crippen molar-refractivity contribution in [1.29, 1.82) is 15.8 Å². The molecule has 0 spiro atoms. The maximum Gasteiger partial charge on any atom is 0.191 e. The quantitative estimate of drug-likeness (QED) is 0.0422. The maximum absolute atomic E-state index is 9.77. The van der Waals surface area contributed by atoms with Crippen LogP contribution in [0, 0.1) is 63.9 Å². The second-order valence-corrected chi connectivity index (χ2v) is 17.9. The summed E-state index contributed by atoms with van der Waals surface area (Å²) in [6.07, 6.45) is 9.26. The molecule has 402 valence electrons. The van der Waals surface area contributed by atoms with Gasteiger partial charge in [-0.2, -0.15) is 15.8 Å². The molecule has 8 aromatic rings. The van der Waals surface area contributed by atoms with Crippen LogP contribution in [0.15, 0.2) is 188 Å². The fourth-order valence-electron chi connectivity index (χ4n) is 6.68. The Labute approximate surface area is 497 Å². The molecule has 17 heteroatoms. The van der Waals surface area contributed by atoms with Crippen LogP contribution >= 0.6 is 38.5 Å². The van der Waals surface area contributed by atoms with Crippen molar-refractivity contribution < 1.29 is 38.3 Å². The zero-order chi connectivity index (χ0) is 58.9. The van der Waals surface area contributed by atoms with E-state index < -0.39 is 0 Å². The summed E-state index contributed by atoms with van der Waals surface area (Å²) in [6.45, 7) is 28.4. The number of hydrogen-bond acceptors (Lipinski definition) is 11. The van der Waals surface area contributed by atoms with Gasteiger partial charge in [-0.25, -0.2) is 19.4 Å². The first-order valence-corrected chi connectivity index (χ1v) is 26.2. The number of nitrogens with zero attached hydrogens (tertiary/aromatic N) is 7. The third-order valence-corrected chi connectivity index (χ3v) is 11.3. The number of benzene rings is 8. The number of allylic oxidation sites excluding steroid dienone is 3. The molecule has 0 heterocycles. The first-order chi connectivity index (χ1) is 40.0. The van der Waals surface area contributed by atoms with Crippen LogP contribution in [0.25, 0.3) is 37.6 Å². The Morgan fingerprint density at radius 1 is 0.451 bits per heavy atom. The van der Waals surface area contributed by atoms with Gasteiger partial charge in [-0.15, -0.1) is 0 Å². The van der Waals surface area contributed by atoms with Gasteiger partial charge in [0.15, 0.2) is 63.0 Å². The smallest absolute Gasteiger partial charge is 0.191 e.